The van der Waals surface area contributed by atoms with E-state index in [1.807, 2.05) is 24.3 Å². The van der Waals surface area contributed by atoms with Crippen LogP contribution in [0.1, 0.15) is 51.2 Å². The van der Waals surface area contributed by atoms with Crippen LogP contribution in [-0.4, -0.2) is 41.5 Å². The van der Waals surface area contributed by atoms with E-state index in [1.165, 1.54) is 5.56 Å². The fourth-order valence-electron chi connectivity index (χ4n) is 4.17. The predicted molar refractivity (Wildman–Crippen MR) is 130 cm³/mol. The van der Waals surface area contributed by atoms with Crippen molar-refractivity contribution in [2.24, 2.45) is 5.16 Å². The molecule has 0 radical (unpaired) electrons. The molecule has 0 saturated carbocycles. The predicted octanol–water partition coefficient (Wildman–Crippen LogP) is 5.35. The van der Waals surface area contributed by atoms with Gasteiger partial charge in [0.25, 0.3) is 0 Å². The second-order valence-electron chi connectivity index (χ2n) is 9.43. The van der Waals surface area contributed by atoms with Crippen molar-refractivity contribution in [2.75, 3.05) is 25.5 Å². The van der Waals surface area contributed by atoms with Gasteiger partial charge in [-0.3, -0.25) is 0 Å². The molecule has 6 heteroatoms. The van der Waals surface area contributed by atoms with E-state index in [-0.39, 0.29) is 11.0 Å². The van der Waals surface area contributed by atoms with Crippen molar-refractivity contribution in [3.63, 3.8) is 0 Å². The monoisotopic (exact) mass is 437 g/mol. The Morgan fingerprint density at radius 3 is 2.42 bits per heavy atom. The van der Waals surface area contributed by atoms with Crippen molar-refractivity contribution < 1.29 is 9.57 Å². The molecule has 5 nitrogen and oxygen atoms in total. The minimum absolute atomic E-state index is 0.150. The van der Waals surface area contributed by atoms with Gasteiger partial charge in [-0.2, -0.15) is 0 Å². The van der Waals surface area contributed by atoms with Crippen LogP contribution >= 0.6 is 12.2 Å². The zero-order valence-electron chi connectivity index (χ0n) is 18.8. The molecule has 1 saturated heterocycles. The number of methoxy groups -OCH3 is 1. The Kier molecular flexibility index (Phi) is 5.93. The molecule has 31 heavy (non-hydrogen) atoms. The van der Waals surface area contributed by atoms with Crippen LogP contribution in [0.4, 0.5) is 5.69 Å². The van der Waals surface area contributed by atoms with E-state index in [4.69, 9.17) is 21.8 Å². The van der Waals surface area contributed by atoms with E-state index >= 15 is 0 Å². The zero-order valence-corrected chi connectivity index (χ0v) is 19.6. The summed E-state index contributed by atoms with van der Waals surface area (Å²) in [6, 6.07) is 16.6. The minimum atomic E-state index is -0.214. The number of rotatable bonds is 3. The summed E-state index contributed by atoms with van der Waals surface area (Å²) in [5, 5.41) is 8.51. The maximum atomic E-state index is 6.01. The van der Waals surface area contributed by atoms with E-state index in [9.17, 15) is 0 Å². The van der Waals surface area contributed by atoms with Crippen LogP contribution in [-0.2, 0) is 10.3 Å². The SMILES string of the molecule is COc1ccccc1NC(=S)N1CCC2(CC1)CC(c1ccc(C(C)(C)C)cc1)=NO2. The number of ether oxygens (including phenoxy) is 1. The molecule has 0 aromatic heterocycles. The summed E-state index contributed by atoms with van der Waals surface area (Å²) in [6.07, 6.45) is 2.64. The van der Waals surface area contributed by atoms with Crippen molar-refractivity contribution in [2.45, 2.75) is 51.0 Å². The van der Waals surface area contributed by atoms with Crippen molar-refractivity contribution in [3.05, 3.63) is 59.7 Å². The third-order valence-electron chi connectivity index (χ3n) is 6.23. The number of thiocarbonyl (C=S) groups is 1. The Labute approximate surface area is 190 Å². The molecule has 4 rings (SSSR count). The highest BCUT2D eigenvalue weighted by Gasteiger charge is 2.42. The van der Waals surface area contributed by atoms with Gasteiger partial charge in [0.05, 0.1) is 18.5 Å². The van der Waals surface area contributed by atoms with E-state index in [2.05, 4.69) is 60.4 Å². The highest BCUT2D eigenvalue weighted by molar-refractivity contribution is 7.80. The summed E-state index contributed by atoms with van der Waals surface area (Å²) < 4.78 is 5.41. The van der Waals surface area contributed by atoms with Gasteiger partial charge in [0.1, 0.15) is 11.4 Å². The third-order valence-corrected chi connectivity index (χ3v) is 6.59. The van der Waals surface area contributed by atoms with Crippen molar-refractivity contribution in [1.82, 2.24) is 4.90 Å². The summed E-state index contributed by atoms with van der Waals surface area (Å²) >= 11 is 5.66. The number of oxime groups is 1. The number of piperidine rings is 1. The van der Waals surface area contributed by atoms with Crippen LogP contribution in [0.2, 0.25) is 0 Å². The summed E-state index contributed by atoms with van der Waals surface area (Å²) in [7, 11) is 1.67. The van der Waals surface area contributed by atoms with Crippen molar-refractivity contribution >= 4 is 28.7 Å². The Hall–Kier alpha value is -2.60. The first kappa shape index (κ1) is 21.6. The number of hydrogen-bond donors (Lipinski definition) is 1. The molecule has 1 fully saturated rings. The molecule has 0 bridgehead atoms. The van der Waals surface area contributed by atoms with E-state index in [0.717, 1.165) is 60.2 Å². The van der Waals surface area contributed by atoms with Gasteiger partial charge in [-0.25, -0.2) is 0 Å². The smallest absolute Gasteiger partial charge is 0.173 e. The molecule has 2 aromatic carbocycles. The highest BCUT2D eigenvalue weighted by atomic mass is 32.1. The standard InChI is InChI=1S/C25H31N3O2S/c1-24(2,3)19-11-9-18(10-12-19)21-17-25(30-27-21)13-15-28(16-14-25)23(31)26-20-7-5-6-8-22(20)29-4/h5-12H,13-17H2,1-4H3,(H,26,31). The Balaban J connectivity index is 1.34. The average molecular weight is 438 g/mol. The average Bonchev–Trinajstić information content (AvgIpc) is 3.17. The topological polar surface area (TPSA) is 46.1 Å². The molecule has 164 valence electrons. The molecule has 2 aromatic rings. The highest BCUT2D eigenvalue weighted by Crippen LogP contribution is 2.37. The summed E-state index contributed by atoms with van der Waals surface area (Å²) in [4.78, 5) is 8.21. The van der Waals surface area contributed by atoms with Crippen LogP contribution in [0.15, 0.2) is 53.7 Å². The largest absolute Gasteiger partial charge is 0.495 e. The normalized spacial score (nSPS) is 17.8. The molecule has 2 heterocycles. The first-order valence-corrected chi connectivity index (χ1v) is 11.3. The molecular weight excluding hydrogens is 406 g/mol. The molecular formula is C25H31N3O2S. The van der Waals surface area contributed by atoms with E-state index in [0.29, 0.717) is 0 Å². The van der Waals surface area contributed by atoms with Gasteiger partial charge < -0.3 is 19.8 Å². The molecule has 1 N–H and O–H groups in total. The van der Waals surface area contributed by atoms with Crippen LogP contribution in [0.3, 0.4) is 0 Å². The van der Waals surface area contributed by atoms with Crippen LogP contribution in [0.25, 0.3) is 0 Å². The number of para-hydroxylation sites is 2. The summed E-state index contributed by atoms with van der Waals surface area (Å²) in [6.45, 7) is 8.37. The van der Waals surface area contributed by atoms with Crippen LogP contribution in [0.5, 0.6) is 5.75 Å². The van der Waals surface area contributed by atoms with Gasteiger partial charge in [-0.1, -0.05) is 62.3 Å². The first-order chi connectivity index (χ1) is 14.8. The van der Waals surface area contributed by atoms with Crippen LogP contribution < -0.4 is 10.1 Å². The van der Waals surface area contributed by atoms with Gasteiger partial charge in [0.2, 0.25) is 0 Å². The number of hydrogen-bond acceptors (Lipinski definition) is 4. The fourth-order valence-corrected chi connectivity index (χ4v) is 4.46. The molecule has 0 amide bonds. The minimum Gasteiger partial charge on any atom is -0.495 e. The third kappa shape index (κ3) is 4.69. The molecule has 2 aliphatic heterocycles. The molecule has 1 spiro atoms. The van der Waals surface area contributed by atoms with E-state index in [1.54, 1.807) is 7.11 Å². The Bertz CT molecular complexity index is 971. The van der Waals surface area contributed by atoms with Crippen LogP contribution in [0, 0.1) is 0 Å². The lowest BCUT2D eigenvalue weighted by atomic mass is 9.84. The molecule has 2 aliphatic rings. The lowest BCUT2D eigenvalue weighted by molar-refractivity contribution is -0.0521. The van der Waals surface area contributed by atoms with Gasteiger partial charge in [0.15, 0.2) is 5.11 Å². The van der Waals surface area contributed by atoms with Gasteiger partial charge in [0, 0.05) is 32.4 Å². The van der Waals surface area contributed by atoms with Gasteiger partial charge in [-0.15, -0.1) is 0 Å². The van der Waals surface area contributed by atoms with Crippen molar-refractivity contribution in [1.29, 1.82) is 0 Å². The quantitative estimate of drug-likeness (QED) is 0.656. The lowest BCUT2D eigenvalue weighted by Crippen LogP contribution is -2.48. The molecule has 0 atom stereocenters. The summed E-state index contributed by atoms with van der Waals surface area (Å²) in [5.41, 5.74) is 4.35. The van der Waals surface area contributed by atoms with Gasteiger partial charge in [-0.05, 0) is 40.9 Å². The van der Waals surface area contributed by atoms with Crippen molar-refractivity contribution in [3.8, 4) is 5.75 Å². The number of nitrogens with one attached hydrogen (secondary N) is 1. The number of benzene rings is 2. The number of anilines is 1. The second-order valence-corrected chi connectivity index (χ2v) is 9.82. The van der Waals surface area contributed by atoms with E-state index < -0.39 is 0 Å². The fraction of sp³-hybridized carbons (Fsp3) is 0.440. The number of nitrogens with zero attached hydrogens (tertiary/aromatic N) is 2. The Morgan fingerprint density at radius 2 is 1.77 bits per heavy atom. The maximum Gasteiger partial charge on any atom is 0.173 e. The molecule has 0 unspecified atom stereocenters. The maximum absolute atomic E-state index is 6.01. The molecule has 0 aliphatic carbocycles. The number of likely N-dealkylation sites (tertiary alicyclic amines) is 1. The lowest BCUT2D eigenvalue weighted by Gasteiger charge is -2.38. The second kappa shape index (κ2) is 8.50. The first-order valence-electron chi connectivity index (χ1n) is 10.8. The summed E-state index contributed by atoms with van der Waals surface area (Å²) in [5.74, 6) is 0.785. The van der Waals surface area contributed by atoms with Gasteiger partial charge >= 0.3 is 0 Å². The Morgan fingerprint density at radius 1 is 1.10 bits per heavy atom. The zero-order chi connectivity index (χ0) is 22.1.